The zero-order chi connectivity index (χ0) is 16.7. The molecule has 1 unspecified atom stereocenters. The van der Waals surface area contributed by atoms with Crippen LogP contribution in [-0.2, 0) is 16.0 Å². The molecule has 3 N–H and O–H groups in total. The van der Waals surface area contributed by atoms with Crippen molar-refractivity contribution in [1.29, 1.82) is 0 Å². The number of carbonyl (C=O) groups is 2. The monoisotopic (exact) mass is 312 g/mol. The number of nitrogens with one attached hydrogen (secondary N) is 2. The van der Waals surface area contributed by atoms with Gasteiger partial charge in [-0.3, -0.25) is 9.59 Å². The van der Waals surface area contributed by atoms with Gasteiger partial charge < -0.3 is 15.7 Å². The van der Waals surface area contributed by atoms with Crippen molar-refractivity contribution in [2.75, 3.05) is 11.9 Å². The van der Waals surface area contributed by atoms with Gasteiger partial charge in [-0.1, -0.05) is 42.5 Å². The highest BCUT2D eigenvalue weighted by molar-refractivity contribution is 5.88. The van der Waals surface area contributed by atoms with E-state index in [4.69, 9.17) is 0 Å². The molecule has 0 bridgehead atoms. The summed E-state index contributed by atoms with van der Waals surface area (Å²) in [4.78, 5) is 23.1. The molecule has 0 spiro atoms. The summed E-state index contributed by atoms with van der Waals surface area (Å²) >= 11 is 0. The normalized spacial score (nSPS) is 11.6. The summed E-state index contributed by atoms with van der Waals surface area (Å²) in [6, 6.07) is 16.0. The molecule has 0 radical (unpaired) electrons. The number of hydrogen-bond acceptors (Lipinski definition) is 3. The SMILES string of the molecule is CC(=O)Nc1ccc(CC(=O)NC(CO)c2ccccc2)cc1. The maximum Gasteiger partial charge on any atom is 0.224 e. The van der Waals surface area contributed by atoms with E-state index in [1.165, 1.54) is 6.92 Å². The van der Waals surface area contributed by atoms with Gasteiger partial charge in [-0.2, -0.15) is 0 Å². The number of carbonyl (C=O) groups excluding carboxylic acids is 2. The van der Waals surface area contributed by atoms with E-state index in [0.717, 1.165) is 11.1 Å². The number of aliphatic hydroxyl groups excluding tert-OH is 1. The summed E-state index contributed by atoms with van der Waals surface area (Å²) < 4.78 is 0. The van der Waals surface area contributed by atoms with Gasteiger partial charge in [0.1, 0.15) is 0 Å². The molecular weight excluding hydrogens is 292 g/mol. The molecule has 2 aromatic carbocycles. The quantitative estimate of drug-likeness (QED) is 0.764. The molecule has 0 aromatic heterocycles. The Morgan fingerprint density at radius 1 is 1.04 bits per heavy atom. The summed E-state index contributed by atoms with van der Waals surface area (Å²) in [6.45, 7) is 1.29. The smallest absolute Gasteiger partial charge is 0.224 e. The van der Waals surface area contributed by atoms with Crippen molar-refractivity contribution in [3.05, 3.63) is 65.7 Å². The van der Waals surface area contributed by atoms with Gasteiger partial charge in [0.05, 0.1) is 19.1 Å². The van der Waals surface area contributed by atoms with E-state index in [9.17, 15) is 14.7 Å². The molecule has 2 aromatic rings. The molecule has 0 aliphatic rings. The molecule has 1 atom stereocenters. The fourth-order valence-corrected chi connectivity index (χ4v) is 2.26. The van der Waals surface area contributed by atoms with E-state index in [-0.39, 0.29) is 24.8 Å². The van der Waals surface area contributed by atoms with Crippen LogP contribution in [0.2, 0.25) is 0 Å². The van der Waals surface area contributed by atoms with E-state index in [1.54, 1.807) is 24.3 Å². The molecule has 0 heterocycles. The Bertz CT molecular complexity index is 654. The van der Waals surface area contributed by atoms with E-state index < -0.39 is 6.04 Å². The Morgan fingerprint density at radius 2 is 1.70 bits per heavy atom. The molecule has 0 saturated carbocycles. The first-order chi connectivity index (χ1) is 11.1. The third-order valence-corrected chi connectivity index (χ3v) is 3.36. The van der Waals surface area contributed by atoms with E-state index >= 15 is 0 Å². The molecule has 0 fully saturated rings. The molecule has 23 heavy (non-hydrogen) atoms. The third kappa shape index (κ3) is 5.23. The highest BCUT2D eigenvalue weighted by Gasteiger charge is 2.13. The van der Waals surface area contributed by atoms with Crippen LogP contribution in [0.25, 0.3) is 0 Å². The summed E-state index contributed by atoms with van der Waals surface area (Å²) in [5, 5.41) is 15.0. The van der Waals surface area contributed by atoms with Gasteiger partial charge in [0.25, 0.3) is 0 Å². The Kier molecular flexibility index (Phi) is 5.88. The van der Waals surface area contributed by atoms with Crippen LogP contribution in [0.15, 0.2) is 54.6 Å². The second-order valence-electron chi connectivity index (χ2n) is 5.27. The minimum absolute atomic E-state index is 0.135. The van der Waals surface area contributed by atoms with Crippen molar-refractivity contribution in [3.63, 3.8) is 0 Å². The highest BCUT2D eigenvalue weighted by atomic mass is 16.3. The van der Waals surface area contributed by atoms with Crippen molar-refractivity contribution < 1.29 is 14.7 Å². The van der Waals surface area contributed by atoms with Crippen molar-refractivity contribution in [3.8, 4) is 0 Å². The van der Waals surface area contributed by atoms with E-state index in [2.05, 4.69) is 10.6 Å². The Balaban J connectivity index is 1.94. The fraction of sp³-hybridized carbons (Fsp3) is 0.222. The Hall–Kier alpha value is -2.66. The van der Waals surface area contributed by atoms with Gasteiger partial charge >= 0.3 is 0 Å². The lowest BCUT2D eigenvalue weighted by Crippen LogP contribution is -2.31. The van der Waals surface area contributed by atoms with Gasteiger partial charge in [-0.15, -0.1) is 0 Å². The van der Waals surface area contributed by atoms with Crippen LogP contribution in [0.1, 0.15) is 24.1 Å². The van der Waals surface area contributed by atoms with Crippen LogP contribution in [0.3, 0.4) is 0 Å². The molecule has 5 heteroatoms. The Morgan fingerprint density at radius 3 is 2.26 bits per heavy atom. The number of aliphatic hydroxyl groups is 1. The van der Waals surface area contributed by atoms with Crippen LogP contribution in [0, 0.1) is 0 Å². The zero-order valence-electron chi connectivity index (χ0n) is 13.0. The zero-order valence-corrected chi connectivity index (χ0v) is 13.0. The van der Waals surface area contributed by atoms with Crippen LogP contribution < -0.4 is 10.6 Å². The third-order valence-electron chi connectivity index (χ3n) is 3.36. The van der Waals surface area contributed by atoms with Crippen molar-refractivity contribution in [1.82, 2.24) is 5.32 Å². The predicted octanol–water partition coefficient (Wildman–Crippen LogP) is 2.04. The summed E-state index contributed by atoms with van der Waals surface area (Å²) in [6.07, 6.45) is 0.212. The Labute approximate surface area is 135 Å². The molecule has 0 aliphatic heterocycles. The highest BCUT2D eigenvalue weighted by Crippen LogP contribution is 2.13. The maximum absolute atomic E-state index is 12.1. The van der Waals surface area contributed by atoms with E-state index in [1.807, 2.05) is 30.3 Å². The first-order valence-electron chi connectivity index (χ1n) is 7.40. The van der Waals surface area contributed by atoms with Crippen LogP contribution in [-0.4, -0.2) is 23.5 Å². The average molecular weight is 312 g/mol. The van der Waals surface area contributed by atoms with Crippen LogP contribution in [0.5, 0.6) is 0 Å². The lowest BCUT2D eigenvalue weighted by atomic mass is 10.1. The number of benzene rings is 2. The van der Waals surface area contributed by atoms with Crippen molar-refractivity contribution >= 4 is 17.5 Å². The van der Waals surface area contributed by atoms with Gasteiger partial charge in [-0.25, -0.2) is 0 Å². The molecule has 2 rings (SSSR count). The number of amides is 2. The predicted molar refractivity (Wildman–Crippen MR) is 88.9 cm³/mol. The average Bonchev–Trinajstić information content (AvgIpc) is 2.55. The first kappa shape index (κ1) is 16.7. The van der Waals surface area contributed by atoms with Gasteiger partial charge in [0, 0.05) is 12.6 Å². The van der Waals surface area contributed by atoms with Gasteiger partial charge in [0.15, 0.2) is 0 Å². The molecule has 2 amide bonds. The fourth-order valence-electron chi connectivity index (χ4n) is 2.26. The lowest BCUT2D eigenvalue weighted by molar-refractivity contribution is -0.121. The van der Waals surface area contributed by atoms with Crippen LogP contribution >= 0.6 is 0 Å². The maximum atomic E-state index is 12.1. The van der Waals surface area contributed by atoms with Crippen molar-refractivity contribution in [2.24, 2.45) is 0 Å². The summed E-state index contributed by atoms with van der Waals surface area (Å²) in [5.74, 6) is -0.302. The molecular formula is C18H20N2O3. The largest absolute Gasteiger partial charge is 0.394 e. The second-order valence-corrected chi connectivity index (χ2v) is 5.27. The van der Waals surface area contributed by atoms with Gasteiger partial charge in [0.2, 0.25) is 11.8 Å². The topological polar surface area (TPSA) is 78.4 Å². The minimum Gasteiger partial charge on any atom is -0.394 e. The molecule has 120 valence electrons. The number of hydrogen-bond donors (Lipinski definition) is 3. The molecule has 0 aliphatic carbocycles. The summed E-state index contributed by atoms with van der Waals surface area (Å²) in [7, 11) is 0. The van der Waals surface area contributed by atoms with Gasteiger partial charge in [-0.05, 0) is 23.3 Å². The van der Waals surface area contributed by atoms with Crippen LogP contribution in [0.4, 0.5) is 5.69 Å². The second kappa shape index (κ2) is 8.10. The minimum atomic E-state index is -0.414. The molecule has 0 saturated heterocycles. The number of rotatable bonds is 6. The number of anilines is 1. The standard InChI is InChI=1S/C18H20N2O3/c1-13(22)19-16-9-7-14(8-10-16)11-18(23)20-17(12-21)15-5-3-2-4-6-15/h2-10,17,21H,11-12H2,1H3,(H,19,22)(H,20,23). The first-order valence-corrected chi connectivity index (χ1v) is 7.40. The lowest BCUT2D eigenvalue weighted by Gasteiger charge is -2.16. The summed E-state index contributed by atoms with van der Waals surface area (Å²) in [5.41, 5.74) is 2.39. The molecule has 5 nitrogen and oxygen atoms in total. The van der Waals surface area contributed by atoms with E-state index in [0.29, 0.717) is 5.69 Å². The van der Waals surface area contributed by atoms with Crippen molar-refractivity contribution in [2.45, 2.75) is 19.4 Å².